The van der Waals surface area contributed by atoms with Gasteiger partial charge in [0.25, 0.3) is 0 Å². The van der Waals surface area contributed by atoms with Gasteiger partial charge in [-0.3, -0.25) is 0 Å². The molecule has 0 aromatic heterocycles. The van der Waals surface area contributed by atoms with Crippen LogP contribution in [0.5, 0.6) is 5.75 Å². The SMILES string of the molecule is COCCC(C)(O)CNCc1ccc(OC)cc1. The monoisotopic (exact) mass is 253 g/mol. The van der Waals surface area contributed by atoms with Crippen molar-refractivity contribution in [1.29, 1.82) is 0 Å². The van der Waals surface area contributed by atoms with Crippen LogP contribution in [0.25, 0.3) is 0 Å². The minimum Gasteiger partial charge on any atom is -0.497 e. The minimum absolute atomic E-state index is 0.544. The smallest absolute Gasteiger partial charge is 0.118 e. The van der Waals surface area contributed by atoms with Gasteiger partial charge in [0.05, 0.1) is 12.7 Å². The van der Waals surface area contributed by atoms with Crippen LogP contribution in [0.4, 0.5) is 0 Å². The third-order valence-electron chi connectivity index (χ3n) is 2.84. The fourth-order valence-corrected chi connectivity index (χ4v) is 1.63. The highest BCUT2D eigenvalue weighted by Gasteiger charge is 2.18. The van der Waals surface area contributed by atoms with E-state index in [1.165, 1.54) is 5.56 Å². The number of hydrogen-bond donors (Lipinski definition) is 2. The summed E-state index contributed by atoms with van der Waals surface area (Å²) in [5.41, 5.74) is 0.431. The third-order valence-corrected chi connectivity index (χ3v) is 2.84. The molecule has 0 amide bonds. The van der Waals surface area contributed by atoms with E-state index in [1.807, 2.05) is 31.2 Å². The van der Waals surface area contributed by atoms with E-state index in [4.69, 9.17) is 9.47 Å². The molecule has 0 aliphatic rings. The molecule has 1 unspecified atom stereocenters. The number of nitrogens with one attached hydrogen (secondary N) is 1. The number of benzene rings is 1. The first-order valence-electron chi connectivity index (χ1n) is 6.12. The molecule has 1 aromatic rings. The van der Waals surface area contributed by atoms with Crippen LogP contribution in [0, 0.1) is 0 Å². The van der Waals surface area contributed by atoms with E-state index in [1.54, 1.807) is 14.2 Å². The summed E-state index contributed by atoms with van der Waals surface area (Å²) in [6.07, 6.45) is 0.624. The molecule has 4 nitrogen and oxygen atoms in total. The van der Waals surface area contributed by atoms with Crippen LogP contribution in [0.1, 0.15) is 18.9 Å². The van der Waals surface area contributed by atoms with Crippen LogP contribution in [0.2, 0.25) is 0 Å². The van der Waals surface area contributed by atoms with E-state index < -0.39 is 5.60 Å². The van der Waals surface area contributed by atoms with Crippen molar-refractivity contribution in [2.24, 2.45) is 0 Å². The number of rotatable bonds is 8. The molecule has 102 valence electrons. The van der Waals surface area contributed by atoms with Gasteiger partial charge in [0.2, 0.25) is 0 Å². The molecule has 0 saturated heterocycles. The summed E-state index contributed by atoms with van der Waals surface area (Å²) in [4.78, 5) is 0. The average Bonchev–Trinajstić information content (AvgIpc) is 2.37. The Kier molecular flexibility index (Phi) is 6.12. The molecule has 0 aliphatic heterocycles. The second-order valence-electron chi connectivity index (χ2n) is 4.69. The number of methoxy groups -OCH3 is 2. The maximum Gasteiger partial charge on any atom is 0.118 e. The van der Waals surface area contributed by atoms with Crippen molar-refractivity contribution in [2.75, 3.05) is 27.4 Å². The van der Waals surface area contributed by atoms with Crippen molar-refractivity contribution in [1.82, 2.24) is 5.32 Å². The van der Waals surface area contributed by atoms with Gasteiger partial charge in [-0.25, -0.2) is 0 Å². The maximum atomic E-state index is 10.0. The van der Waals surface area contributed by atoms with Crippen LogP contribution >= 0.6 is 0 Å². The second-order valence-corrected chi connectivity index (χ2v) is 4.69. The summed E-state index contributed by atoms with van der Waals surface area (Å²) in [6.45, 7) is 3.65. The van der Waals surface area contributed by atoms with E-state index in [-0.39, 0.29) is 0 Å². The molecule has 1 rings (SSSR count). The molecule has 0 heterocycles. The molecule has 0 aliphatic carbocycles. The Bertz CT molecular complexity index is 335. The Morgan fingerprint density at radius 1 is 1.22 bits per heavy atom. The largest absolute Gasteiger partial charge is 0.497 e. The van der Waals surface area contributed by atoms with Crippen molar-refractivity contribution < 1.29 is 14.6 Å². The third kappa shape index (κ3) is 5.49. The summed E-state index contributed by atoms with van der Waals surface area (Å²) in [5.74, 6) is 0.853. The Labute approximate surface area is 109 Å². The summed E-state index contributed by atoms with van der Waals surface area (Å²) in [6, 6.07) is 7.88. The van der Waals surface area contributed by atoms with Gasteiger partial charge < -0.3 is 19.9 Å². The predicted octanol–water partition coefficient (Wildman–Crippen LogP) is 1.57. The number of aliphatic hydroxyl groups is 1. The molecule has 0 saturated carbocycles. The van der Waals surface area contributed by atoms with Crippen molar-refractivity contribution in [3.63, 3.8) is 0 Å². The van der Waals surface area contributed by atoms with Crippen LogP contribution in [0.3, 0.4) is 0 Å². The van der Waals surface area contributed by atoms with Crippen LogP contribution in [-0.4, -0.2) is 38.1 Å². The molecule has 0 radical (unpaired) electrons. The van der Waals surface area contributed by atoms with Crippen LogP contribution in [-0.2, 0) is 11.3 Å². The van der Waals surface area contributed by atoms with Crippen LogP contribution in [0.15, 0.2) is 24.3 Å². The molecular formula is C14H23NO3. The number of ether oxygens (including phenoxy) is 2. The molecule has 0 spiro atoms. The van der Waals surface area contributed by atoms with Gasteiger partial charge in [-0.2, -0.15) is 0 Å². The van der Waals surface area contributed by atoms with E-state index in [0.717, 1.165) is 12.3 Å². The van der Waals surface area contributed by atoms with Crippen LogP contribution < -0.4 is 10.1 Å². The minimum atomic E-state index is -0.734. The molecule has 0 fully saturated rings. The maximum absolute atomic E-state index is 10.0. The van der Waals surface area contributed by atoms with E-state index >= 15 is 0 Å². The van der Waals surface area contributed by atoms with Gasteiger partial charge in [0.15, 0.2) is 0 Å². The van der Waals surface area contributed by atoms with Crippen molar-refractivity contribution in [2.45, 2.75) is 25.5 Å². The predicted molar refractivity (Wildman–Crippen MR) is 71.8 cm³/mol. The molecule has 0 bridgehead atoms. The first-order chi connectivity index (χ1) is 8.57. The van der Waals surface area contributed by atoms with Crippen molar-refractivity contribution in [3.8, 4) is 5.75 Å². The quantitative estimate of drug-likeness (QED) is 0.738. The lowest BCUT2D eigenvalue weighted by molar-refractivity contribution is 0.0247. The zero-order valence-electron chi connectivity index (χ0n) is 11.4. The van der Waals surface area contributed by atoms with Gasteiger partial charge in [-0.05, 0) is 24.6 Å². The lowest BCUT2D eigenvalue weighted by atomic mass is 10.0. The van der Waals surface area contributed by atoms with E-state index in [2.05, 4.69) is 5.32 Å². The highest BCUT2D eigenvalue weighted by atomic mass is 16.5. The molecule has 1 atom stereocenters. The second kappa shape index (κ2) is 7.36. The highest BCUT2D eigenvalue weighted by molar-refractivity contribution is 5.26. The molecule has 18 heavy (non-hydrogen) atoms. The zero-order valence-corrected chi connectivity index (χ0v) is 11.4. The zero-order chi connectivity index (χ0) is 13.4. The summed E-state index contributed by atoms with van der Waals surface area (Å²) >= 11 is 0. The standard InChI is InChI=1S/C14H23NO3/c1-14(16,8-9-17-2)11-15-10-12-4-6-13(18-3)7-5-12/h4-7,15-16H,8-11H2,1-3H3. The molecule has 2 N–H and O–H groups in total. The Hall–Kier alpha value is -1.10. The van der Waals surface area contributed by atoms with Crippen molar-refractivity contribution >= 4 is 0 Å². The van der Waals surface area contributed by atoms with E-state index in [9.17, 15) is 5.11 Å². The van der Waals surface area contributed by atoms with Gasteiger partial charge in [0, 0.05) is 33.2 Å². The van der Waals surface area contributed by atoms with Gasteiger partial charge >= 0.3 is 0 Å². The number of hydrogen-bond acceptors (Lipinski definition) is 4. The van der Waals surface area contributed by atoms with Crippen molar-refractivity contribution in [3.05, 3.63) is 29.8 Å². The lowest BCUT2D eigenvalue weighted by Gasteiger charge is -2.23. The molecule has 4 heteroatoms. The fraction of sp³-hybridized carbons (Fsp3) is 0.571. The average molecular weight is 253 g/mol. The van der Waals surface area contributed by atoms with Gasteiger partial charge in [-0.1, -0.05) is 12.1 Å². The first-order valence-corrected chi connectivity index (χ1v) is 6.12. The molecule has 1 aromatic carbocycles. The Balaban J connectivity index is 2.31. The Morgan fingerprint density at radius 3 is 2.44 bits per heavy atom. The van der Waals surface area contributed by atoms with E-state index in [0.29, 0.717) is 19.6 Å². The fourth-order valence-electron chi connectivity index (χ4n) is 1.63. The van der Waals surface area contributed by atoms with Gasteiger partial charge in [-0.15, -0.1) is 0 Å². The summed E-state index contributed by atoms with van der Waals surface area (Å²) < 4.78 is 10.1. The lowest BCUT2D eigenvalue weighted by Crippen LogP contribution is -2.38. The summed E-state index contributed by atoms with van der Waals surface area (Å²) in [7, 11) is 3.29. The first kappa shape index (κ1) is 15.0. The topological polar surface area (TPSA) is 50.7 Å². The molecular weight excluding hydrogens is 230 g/mol. The highest BCUT2D eigenvalue weighted by Crippen LogP contribution is 2.12. The van der Waals surface area contributed by atoms with Gasteiger partial charge in [0.1, 0.15) is 5.75 Å². The summed E-state index contributed by atoms with van der Waals surface area (Å²) in [5, 5.41) is 13.3. The Morgan fingerprint density at radius 2 is 1.89 bits per heavy atom. The normalized spacial score (nSPS) is 14.2.